The quantitative estimate of drug-likeness (QED) is 0.889. The van der Waals surface area contributed by atoms with Crippen LogP contribution in [0.3, 0.4) is 0 Å². The molecule has 0 fully saturated rings. The molecule has 0 aromatic carbocycles. The van der Waals surface area contributed by atoms with Crippen LogP contribution >= 0.6 is 11.3 Å². The Morgan fingerprint density at radius 1 is 1.41 bits per heavy atom. The highest BCUT2D eigenvalue weighted by Gasteiger charge is 2.21. The number of nitrogens with one attached hydrogen (secondary N) is 1. The molecular formula is C12H12N2O2S. The summed E-state index contributed by atoms with van der Waals surface area (Å²) in [6, 6.07) is 3.65. The van der Waals surface area contributed by atoms with Gasteiger partial charge in [-0.1, -0.05) is 11.2 Å². The lowest BCUT2D eigenvalue weighted by Gasteiger charge is -2.09. The van der Waals surface area contributed by atoms with E-state index in [1.807, 2.05) is 11.4 Å². The third-order valence-corrected chi connectivity index (χ3v) is 3.80. The van der Waals surface area contributed by atoms with E-state index >= 15 is 0 Å². The minimum atomic E-state index is -0.121. The van der Waals surface area contributed by atoms with Crippen LogP contribution in [0.1, 0.15) is 33.8 Å². The van der Waals surface area contributed by atoms with Gasteiger partial charge in [0.15, 0.2) is 0 Å². The SMILES string of the molecule is O=C(Nc1onc2c1CCCC2)c1cccs1. The number of fused-ring (bicyclic) bond motifs is 1. The molecule has 0 saturated carbocycles. The third-order valence-electron chi connectivity index (χ3n) is 2.93. The lowest BCUT2D eigenvalue weighted by Crippen LogP contribution is -2.12. The van der Waals surface area contributed by atoms with Crippen molar-refractivity contribution in [1.29, 1.82) is 0 Å². The number of anilines is 1. The van der Waals surface area contributed by atoms with E-state index in [4.69, 9.17) is 4.52 Å². The molecule has 0 unspecified atom stereocenters. The zero-order valence-electron chi connectivity index (χ0n) is 9.23. The van der Waals surface area contributed by atoms with Crippen molar-refractivity contribution in [2.45, 2.75) is 25.7 Å². The Morgan fingerprint density at radius 2 is 2.29 bits per heavy atom. The summed E-state index contributed by atoms with van der Waals surface area (Å²) in [5, 5.41) is 8.68. The second-order valence-electron chi connectivity index (χ2n) is 4.08. The first kappa shape index (κ1) is 10.5. The van der Waals surface area contributed by atoms with Crippen LogP contribution in [0.4, 0.5) is 5.88 Å². The number of nitrogens with zero attached hydrogens (tertiary/aromatic N) is 1. The van der Waals surface area contributed by atoms with Crippen molar-refractivity contribution in [3.05, 3.63) is 33.6 Å². The van der Waals surface area contributed by atoms with Crippen molar-refractivity contribution in [2.24, 2.45) is 0 Å². The molecule has 1 aliphatic carbocycles. The number of rotatable bonds is 2. The van der Waals surface area contributed by atoms with E-state index in [1.54, 1.807) is 6.07 Å². The van der Waals surface area contributed by atoms with Crippen molar-refractivity contribution in [3.8, 4) is 0 Å². The van der Waals surface area contributed by atoms with Crippen LogP contribution < -0.4 is 5.32 Å². The number of hydrogen-bond acceptors (Lipinski definition) is 4. The van der Waals surface area contributed by atoms with Crippen LogP contribution in [0.15, 0.2) is 22.0 Å². The average molecular weight is 248 g/mol. The summed E-state index contributed by atoms with van der Waals surface area (Å²) in [6.45, 7) is 0. The predicted molar refractivity (Wildman–Crippen MR) is 65.4 cm³/mol. The van der Waals surface area contributed by atoms with E-state index in [9.17, 15) is 4.79 Å². The Morgan fingerprint density at radius 3 is 3.12 bits per heavy atom. The molecule has 1 aliphatic rings. The summed E-state index contributed by atoms with van der Waals surface area (Å²) >= 11 is 1.42. The number of aromatic nitrogens is 1. The minimum Gasteiger partial charge on any atom is -0.338 e. The fourth-order valence-electron chi connectivity index (χ4n) is 2.06. The fourth-order valence-corrected chi connectivity index (χ4v) is 2.68. The van der Waals surface area contributed by atoms with Gasteiger partial charge in [-0.3, -0.25) is 10.1 Å². The van der Waals surface area contributed by atoms with Gasteiger partial charge in [-0.05, 0) is 37.1 Å². The molecule has 5 heteroatoms. The van der Waals surface area contributed by atoms with Gasteiger partial charge < -0.3 is 4.52 Å². The van der Waals surface area contributed by atoms with Gasteiger partial charge in [0.05, 0.1) is 10.6 Å². The van der Waals surface area contributed by atoms with E-state index in [1.165, 1.54) is 11.3 Å². The summed E-state index contributed by atoms with van der Waals surface area (Å²) in [4.78, 5) is 12.6. The van der Waals surface area contributed by atoms with Crippen LogP contribution in [0, 0.1) is 0 Å². The topological polar surface area (TPSA) is 55.1 Å². The molecule has 0 saturated heterocycles. The number of thiophene rings is 1. The molecule has 0 radical (unpaired) electrons. The Labute approximate surface area is 103 Å². The molecule has 2 heterocycles. The lowest BCUT2D eigenvalue weighted by atomic mass is 9.98. The molecule has 1 amide bonds. The highest BCUT2D eigenvalue weighted by atomic mass is 32.1. The molecule has 88 valence electrons. The molecule has 3 rings (SSSR count). The summed E-state index contributed by atoms with van der Waals surface area (Å²) in [5.41, 5.74) is 2.07. The van der Waals surface area contributed by atoms with Gasteiger partial charge in [0, 0.05) is 5.56 Å². The molecule has 0 bridgehead atoms. The Bertz CT molecular complexity index is 531. The predicted octanol–water partition coefficient (Wildman–Crippen LogP) is 2.87. The van der Waals surface area contributed by atoms with Crippen LogP contribution in [-0.4, -0.2) is 11.1 Å². The maximum absolute atomic E-state index is 11.9. The minimum absolute atomic E-state index is 0.121. The molecule has 0 atom stereocenters. The van der Waals surface area contributed by atoms with Crippen LogP contribution in [0.2, 0.25) is 0 Å². The van der Waals surface area contributed by atoms with Gasteiger partial charge >= 0.3 is 0 Å². The summed E-state index contributed by atoms with van der Waals surface area (Å²) in [5.74, 6) is 0.405. The smallest absolute Gasteiger partial charge is 0.268 e. The van der Waals surface area contributed by atoms with Gasteiger partial charge in [-0.2, -0.15) is 0 Å². The van der Waals surface area contributed by atoms with E-state index in [0.717, 1.165) is 36.9 Å². The zero-order chi connectivity index (χ0) is 11.7. The highest BCUT2D eigenvalue weighted by Crippen LogP contribution is 2.28. The van der Waals surface area contributed by atoms with Gasteiger partial charge in [0.2, 0.25) is 5.88 Å². The first-order valence-corrected chi connectivity index (χ1v) is 6.55. The molecule has 0 aliphatic heterocycles. The van der Waals surface area contributed by atoms with Crippen molar-refractivity contribution in [2.75, 3.05) is 5.32 Å². The van der Waals surface area contributed by atoms with Gasteiger partial charge in [-0.25, -0.2) is 0 Å². The summed E-state index contributed by atoms with van der Waals surface area (Å²) in [7, 11) is 0. The molecule has 2 aromatic rings. The van der Waals surface area contributed by atoms with Gasteiger partial charge in [-0.15, -0.1) is 11.3 Å². The van der Waals surface area contributed by atoms with Crippen molar-refractivity contribution in [3.63, 3.8) is 0 Å². The normalized spacial score (nSPS) is 14.4. The lowest BCUT2D eigenvalue weighted by molar-refractivity contribution is 0.102. The molecule has 4 nitrogen and oxygen atoms in total. The second kappa shape index (κ2) is 4.33. The number of aryl methyl sites for hydroxylation is 1. The van der Waals surface area contributed by atoms with Crippen LogP contribution in [-0.2, 0) is 12.8 Å². The molecule has 0 spiro atoms. The highest BCUT2D eigenvalue weighted by molar-refractivity contribution is 7.12. The Hall–Kier alpha value is -1.62. The second-order valence-corrected chi connectivity index (χ2v) is 5.02. The first-order valence-electron chi connectivity index (χ1n) is 5.67. The van der Waals surface area contributed by atoms with E-state index in [2.05, 4.69) is 10.5 Å². The summed E-state index contributed by atoms with van der Waals surface area (Å²) < 4.78 is 5.21. The maximum Gasteiger partial charge on any atom is 0.268 e. The van der Waals surface area contributed by atoms with Crippen molar-refractivity contribution < 1.29 is 9.32 Å². The van der Waals surface area contributed by atoms with Crippen LogP contribution in [0.25, 0.3) is 0 Å². The average Bonchev–Trinajstić information content (AvgIpc) is 2.98. The number of carbonyl (C=O) groups is 1. The Kier molecular flexibility index (Phi) is 2.68. The largest absolute Gasteiger partial charge is 0.338 e. The third kappa shape index (κ3) is 1.98. The molecular weight excluding hydrogens is 236 g/mol. The van der Waals surface area contributed by atoms with Crippen molar-refractivity contribution >= 4 is 23.1 Å². The number of carbonyl (C=O) groups excluding carboxylic acids is 1. The molecule has 17 heavy (non-hydrogen) atoms. The van der Waals surface area contributed by atoms with E-state index < -0.39 is 0 Å². The monoisotopic (exact) mass is 248 g/mol. The van der Waals surface area contributed by atoms with Gasteiger partial charge in [0.1, 0.15) is 0 Å². The van der Waals surface area contributed by atoms with Crippen LogP contribution in [0.5, 0.6) is 0 Å². The van der Waals surface area contributed by atoms with Gasteiger partial charge in [0.25, 0.3) is 5.91 Å². The Balaban J connectivity index is 1.81. The number of hydrogen-bond donors (Lipinski definition) is 1. The van der Waals surface area contributed by atoms with E-state index in [-0.39, 0.29) is 5.91 Å². The molecule has 2 aromatic heterocycles. The molecule has 1 N–H and O–H groups in total. The first-order chi connectivity index (χ1) is 8.34. The maximum atomic E-state index is 11.9. The fraction of sp³-hybridized carbons (Fsp3) is 0.333. The zero-order valence-corrected chi connectivity index (χ0v) is 10.0. The van der Waals surface area contributed by atoms with E-state index in [0.29, 0.717) is 10.8 Å². The number of amides is 1. The summed E-state index contributed by atoms with van der Waals surface area (Å²) in [6.07, 6.45) is 4.18. The van der Waals surface area contributed by atoms with Crippen molar-refractivity contribution in [1.82, 2.24) is 5.16 Å². The standard InChI is InChI=1S/C12H12N2O2S/c15-11(10-6-3-7-17-10)13-12-8-4-1-2-5-9(8)14-16-12/h3,6-7H,1-2,4-5H2,(H,13,15).